The van der Waals surface area contributed by atoms with Crippen LogP contribution in [-0.2, 0) is 6.42 Å². The van der Waals surface area contributed by atoms with Crippen LogP contribution in [0.4, 0.5) is 5.82 Å². The van der Waals surface area contributed by atoms with Crippen LogP contribution >= 0.6 is 0 Å². The fraction of sp³-hybridized carbons (Fsp3) is 0.750. The van der Waals surface area contributed by atoms with Crippen LogP contribution in [0.25, 0.3) is 0 Å². The molecule has 1 fully saturated rings. The smallest absolute Gasteiger partial charge is 0.129 e. The maximum absolute atomic E-state index is 4.48. The Bertz CT molecular complexity index is 395. The van der Waals surface area contributed by atoms with Gasteiger partial charge in [-0.1, -0.05) is 33.1 Å². The monoisotopic (exact) mass is 261 g/mol. The van der Waals surface area contributed by atoms with Crippen molar-refractivity contribution in [3.05, 3.63) is 17.6 Å². The van der Waals surface area contributed by atoms with Crippen molar-refractivity contribution in [3.8, 4) is 0 Å². The number of anilines is 1. The summed E-state index contributed by atoms with van der Waals surface area (Å²) in [5.74, 6) is 3.67. The molecule has 1 aromatic heterocycles. The highest BCUT2D eigenvalue weighted by atomic mass is 15.0. The van der Waals surface area contributed by atoms with E-state index >= 15 is 0 Å². The molecule has 1 aliphatic carbocycles. The van der Waals surface area contributed by atoms with Crippen LogP contribution in [0.3, 0.4) is 0 Å². The van der Waals surface area contributed by atoms with Crippen LogP contribution in [0.1, 0.15) is 57.5 Å². The molecule has 0 bridgehead atoms. The Morgan fingerprint density at radius 3 is 2.42 bits per heavy atom. The van der Waals surface area contributed by atoms with E-state index in [1.807, 2.05) is 6.92 Å². The molecule has 0 atom stereocenters. The first-order chi connectivity index (χ1) is 9.21. The van der Waals surface area contributed by atoms with Gasteiger partial charge in [-0.05, 0) is 38.0 Å². The van der Waals surface area contributed by atoms with E-state index in [9.17, 15) is 0 Å². The number of nitrogens with zero attached hydrogens (tertiary/aromatic N) is 2. The van der Waals surface area contributed by atoms with Crippen LogP contribution < -0.4 is 5.32 Å². The Morgan fingerprint density at radius 2 is 1.79 bits per heavy atom. The van der Waals surface area contributed by atoms with Gasteiger partial charge < -0.3 is 5.32 Å². The van der Waals surface area contributed by atoms with Gasteiger partial charge >= 0.3 is 0 Å². The molecular weight excluding hydrogens is 234 g/mol. The lowest BCUT2D eigenvalue weighted by atomic mass is 9.81. The van der Waals surface area contributed by atoms with Crippen LogP contribution in [0.5, 0.6) is 0 Å². The van der Waals surface area contributed by atoms with Gasteiger partial charge in [0.25, 0.3) is 0 Å². The van der Waals surface area contributed by atoms with Gasteiger partial charge in [-0.3, -0.25) is 0 Å². The minimum absolute atomic E-state index is 0.822. The van der Waals surface area contributed by atoms with Crippen molar-refractivity contribution in [2.45, 2.75) is 59.3 Å². The van der Waals surface area contributed by atoms with Gasteiger partial charge in [-0.25, -0.2) is 9.97 Å². The molecule has 0 saturated heterocycles. The van der Waals surface area contributed by atoms with Crippen molar-refractivity contribution >= 4 is 5.82 Å². The molecule has 106 valence electrons. The first-order valence-electron chi connectivity index (χ1n) is 7.79. The summed E-state index contributed by atoms with van der Waals surface area (Å²) in [4.78, 5) is 8.89. The zero-order chi connectivity index (χ0) is 13.7. The number of rotatable bonds is 5. The van der Waals surface area contributed by atoms with E-state index in [-0.39, 0.29) is 0 Å². The number of hydrogen-bond donors (Lipinski definition) is 1. The predicted octanol–water partition coefficient (Wildman–Crippen LogP) is 3.98. The molecule has 0 amide bonds. The molecule has 1 saturated carbocycles. The molecule has 3 nitrogen and oxygen atoms in total. The number of aryl methyl sites for hydroxylation is 2. The van der Waals surface area contributed by atoms with Gasteiger partial charge in [-0.15, -0.1) is 0 Å². The van der Waals surface area contributed by atoms with Crippen LogP contribution in [0.15, 0.2) is 6.07 Å². The molecular formula is C16H27N3. The van der Waals surface area contributed by atoms with Gasteiger partial charge in [0, 0.05) is 18.3 Å². The second-order valence-corrected chi connectivity index (χ2v) is 5.82. The van der Waals surface area contributed by atoms with Gasteiger partial charge in [0.15, 0.2) is 0 Å². The summed E-state index contributed by atoms with van der Waals surface area (Å²) < 4.78 is 0. The van der Waals surface area contributed by atoms with Crippen molar-refractivity contribution in [1.82, 2.24) is 9.97 Å². The van der Waals surface area contributed by atoms with Crippen molar-refractivity contribution < 1.29 is 0 Å². The van der Waals surface area contributed by atoms with Gasteiger partial charge in [0.2, 0.25) is 0 Å². The summed E-state index contributed by atoms with van der Waals surface area (Å²) in [6, 6.07) is 2.09. The van der Waals surface area contributed by atoms with Gasteiger partial charge in [0.05, 0.1) is 0 Å². The van der Waals surface area contributed by atoms with E-state index in [2.05, 4.69) is 35.2 Å². The Hall–Kier alpha value is -1.12. The molecule has 2 rings (SSSR count). The Balaban J connectivity index is 1.84. The molecule has 1 heterocycles. The van der Waals surface area contributed by atoms with E-state index < -0.39 is 0 Å². The minimum atomic E-state index is 0.822. The molecule has 3 heteroatoms. The average molecular weight is 261 g/mol. The summed E-state index contributed by atoms with van der Waals surface area (Å²) in [5.41, 5.74) is 1.13. The zero-order valence-corrected chi connectivity index (χ0v) is 12.6. The Kier molecular flexibility index (Phi) is 5.17. The lowest BCUT2D eigenvalue weighted by Gasteiger charge is -2.28. The molecule has 0 aliphatic heterocycles. The Morgan fingerprint density at radius 1 is 1.11 bits per heavy atom. The maximum Gasteiger partial charge on any atom is 0.129 e. The molecule has 1 aliphatic rings. The van der Waals surface area contributed by atoms with E-state index in [1.165, 1.54) is 32.1 Å². The summed E-state index contributed by atoms with van der Waals surface area (Å²) in [7, 11) is 0. The lowest BCUT2D eigenvalue weighted by Crippen LogP contribution is -2.21. The lowest BCUT2D eigenvalue weighted by molar-refractivity contribution is 0.278. The number of aromatic nitrogens is 2. The van der Waals surface area contributed by atoms with E-state index in [1.54, 1.807) is 0 Å². The second kappa shape index (κ2) is 6.88. The summed E-state index contributed by atoms with van der Waals surface area (Å²) in [6.45, 7) is 7.49. The van der Waals surface area contributed by atoms with Crippen molar-refractivity contribution in [1.29, 1.82) is 0 Å². The maximum atomic E-state index is 4.48. The minimum Gasteiger partial charge on any atom is -0.370 e. The third-order valence-electron chi connectivity index (χ3n) is 4.37. The number of hydrogen-bond acceptors (Lipinski definition) is 3. The largest absolute Gasteiger partial charge is 0.370 e. The summed E-state index contributed by atoms with van der Waals surface area (Å²) >= 11 is 0. The third kappa shape index (κ3) is 4.19. The topological polar surface area (TPSA) is 37.8 Å². The fourth-order valence-electron chi connectivity index (χ4n) is 2.99. The average Bonchev–Trinajstić information content (AvgIpc) is 2.45. The van der Waals surface area contributed by atoms with E-state index in [0.717, 1.165) is 42.1 Å². The van der Waals surface area contributed by atoms with Crippen molar-refractivity contribution in [3.63, 3.8) is 0 Å². The summed E-state index contributed by atoms with van der Waals surface area (Å²) in [6.07, 6.45) is 7.88. The SMILES string of the molecule is CCc1cc(NCC2CCC(CC)CC2)nc(C)n1. The quantitative estimate of drug-likeness (QED) is 0.871. The van der Waals surface area contributed by atoms with Crippen LogP contribution in [0.2, 0.25) is 0 Å². The normalized spacial score (nSPS) is 23.3. The van der Waals surface area contributed by atoms with Gasteiger partial charge in [0.1, 0.15) is 11.6 Å². The van der Waals surface area contributed by atoms with Crippen molar-refractivity contribution in [2.75, 3.05) is 11.9 Å². The Labute approximate surface area is 117 Å². The summed E-state index contributed by atoms with van der Waals surface area (Å²) in [5, 5.41) is 3.51. The van der Waals surface area contributed by atoms with Gasteiger partial charge in [-0.2, -0.15) is 0 Å². The van der Waals surface area contributed by atoms with Crippen LogP contribution in [-0.4, -0.2) is 16.5 Å². The standard InChI is InChI=1S/C16H27N3/c1-4-13-6-8-14(9-7-13)11-17-16-10-15(5-2)18-12(3)19-16/h10,13-14H,4-9,11H2,1-3H3,(H,17,18,19). The zero-order valence-electron chi connectivity index (χ0n) is 12.6. The first kappa shape index (κ1) is 14.3. The first-order valence-corrected chi connectivity index (χ1v) is 7.79. The highest BCUT2D eigenvalue weighted by Crippen LogP contribution is 2.30. The highest BCUT2D eigenvalue weighted by molar-refractivity contribution is 5.36. The highest BCUT2D eigenvalue weighted by Gasteiger charge is 2.19. The van der Waals surface area contributed by atoms with E-state index in [4.69, 9.17) is 0 Å². The molecule has 0 radical (unpaired) electrons. The van der Waals surface area contributed by atoms with Crippen molar-refractivity contribution in [2.24, 2.45) is 11.8 Å². The predicted molar refractivity (Wildman–Crippen MR) is 80.4 cm³/mol. The molecule has 1 N–H and O–H groups in total. The molecule has 1 aromatic rings. The molecule has 0 spiro atoms. The fourth-order valence-corrected chi connectivity index (χ4v) is 2.99. The molecule has 19 heavy (non-hydrogen) atoms. The number of nitrogens with one attached hydrogen (secondary N) is 1. The van der Waals surface area contributed by atoms with E-state index in [0.29, 0.717) is 0 Å². The molecule has 0 unspecified atom stereocenters. The van der Waals surface area contributed by atoms with Crippen LogP contribution in [0, 0.1) is 18.8 Å². The second-order valence-electron chi connectivity index (χ2n) is 5.82. The third-order valence-corrected chi connectivity index (χ3v) is 4.37. The molecule has 0 aromatic carbocycles.